The molecule has 2 heterocycles. The van der Waals surface area contributed by atoms with Gasteiger partial charge in [0, 0.05) is 54.4 Å². The van der Waals surface area contributed by atoms with E-state index in [9.17, 15) is 18.5 Å². The number of aromatic amines is 1. The molecule has 0 amide bonds. The number of aromatic nitrogens is 1. The van der Waals surface area contributed by atoms with Crippen LogP contribution in [0.3, 0.4) is 0 Å². The Labute approximate surface area is 225 Å². The number of nitrogens with zero attached hydrogens (tertiary/aromatic N) is 2. The zero-order valence-electron chi connectivity index (χ0n) is 21.3. The second-order valence-corrected chi connectivity index (χ2v) is 11.1. The third-order valence-corrected chi connectivity index (χ3v) is 8.17. The summed E-state index contributed by atoms with van der Waals surface area (Å²) in [5.74, 6) is 0.753. The van der Waals surface area contributed by atoms with E-state index in [2.05, 4.69) is 14.6 Å². The van der Waals surface area contributed by atoms with Crippen molar-refractivity contribution in [1.82, 2.24) is 14.6 Å². The van der Waals surface area contributed by atoms with Gasteiger partial charge in [0.25, 0.3) is 5.69 Å². The number of hydrogen-bond acceptors (Lipinski definition) is 8. The van der Waals surface area contributed by atoms with Crippen LogP contribution in [0.5, 0.6) is 5.75 Å². The van der Waals surface area contributed by atoms with E-state index in [0.29, 0.717) is 23.3 Å². The lowest BCUT2D eigenvalue weighted by Crippen LogP contribution is -2.37. The zero-order chi connectivity index (χ0) is 27.4. The van der Waals surface area contributed by atoms with Crippen LogP contribution < -0.4 is 9.46 Å². The molecule has 12 heteroatoms. The lowest BCUT2D eigenvalue weighted by molar-refractivity contribution is -0.383. The third kappa shape index (κ3) is 6.21. The number of nitrogens with one attached hydrogen (secondary N) is 2. The van der Waals surface area contributed by atoms with Crippen molar-refractivity contribution < 1.29 is 27.9 Å². The molecule has 1 aliphatic rings. The Morgan fingerprint density at radius 1 is 1.08 bits per heavy atom. The average Bonchev–Trinajstić information content (AvgIpc) is 3.37. The van der Waals surface area contributed by atoms with Gasteiger partial charge in [-0.3, -0.25) is 15.0 Å². The summed E-state index contributed by atoms with van der Waals surface area (Å²) in [6.07, 6.45) is 0.914. The van der Waals surface area contributed by atoms with E-state index in [1.807, 2.05) is 24.3 Å². The summed E-state index contributed by atoms with van der Waals surface area (Å²) in [5, 5.41) is 22.5. The summed E-state index contributed by atoms with van der Waals surface area (Å²) < 4.78 is 38.5. The number of aliphatic hydroxyl groups excluding tert-OH is 1. The molecule has 0 aliphatic carbocycles. The van der Waals surface area contributed by atoms with E-state index in [1.165, 1.54) is 18.2 Å². The van der Waals surface area contributed by atoms with Gasteiger partial charge in [0.1, 0.15) is 5.75 Å². The molecule has 0 atom stereocenters. The van der Waals surface area contributed by atoms with Crippen molar-refractivity contribution in [2.75, 3.05) is 52.6 Å². The number of ether oxygens (including phenoxy) is 2. The summed E-state index contributed by atoms with van der Waals surface area (Å²) >= 11 is 0. The Bertz CT molecular complexity index is 1600. The van der Waals surface area contributed by atoms with Crippen molar-refractivity contribution >= 4 is 37.4 Å². The second kappa shape index (κ2) is 11.7. The van der Waals surface area contributed by atoms with Crippen molar-refractivity contribution in [2.45, 2.75) is 11.3 Å². The van der Waals surface area contributed by atoms with Crippen molar-refractivity contribution in [3.63, 3.8) is 0 Å². The van der Waals surface area contributed by atoms with Crippen molar-refractivity contribution in [2.24, 2.45) is 0 Å². The quantitative estimate of drug-likeness (QED) is 0.145. The molecule has 0 spiro atoms. The van der Waals surface area contributed by atoms with Gasteiger partial charge in [-0.2, -0.15) is 0 Å². The standard InChI is InChI=1S/C27H30N4O7S/c32-10-6-28-39(35,36)23-4-2-19-14-20(17-27(31(33)34)24(19)18-23)26-16-21-15-22(3-5-25(21)29-26)38-11-1-7-30-8-12-37-13-9-30/h2-5,14-18,28-29,32H,1,6-13H2. The normalized spacial score (nSPS) is 14.7. The molecule has 3 aromatic carbocycles. The number of sulfonamides is 1. The zero-order valence-corrected chi connectivity index (χ0v) is 22.1. The van der Waals surface area contributed by atoms with Crippen LogP contribution in [0.2, 0.25) is 0 Å². The first kappa shape index (κ1) is 27.0. The molecular formula is C27H30N4O7S. The van der Waals surface area contributed by atoms with Crippen LogP contribution in [0.25, 0.3) is 32.9 Å². The van der Waals surface area contributed by atoms with E-state index in [0.717, 1.165) is 55.9 Å². The molecule has 1 saturated heterocycles. The van der Waals surface area contributed by atoms with Gasteiger partial charge in [0.15, 0.2) is 0 Å². The van der Waals surface area contributed by atoms with Crippen LogP contribution in [0.15, 0.2) is 59.5 Å². The maximum atomic E-state index is 12.5. The summed E-state index contributed by atoms with van der Waals surface area (Å²) in [6.45, 7) is 4.52. The third-order valence-electron chi connectivity index (χ3n) is 6.71. The lowest BCUT2D eigenvalue weighted by atomic mass is 10.0. The minimum Gasteiger partial charge on any atom is -0.494 e. The van der Waals surface area contributed by atoms with Crippen LogP contribution in [-0.2, 0) is 14.8 Å². The Morgan fingerprint density at radius 3 is 2.67 bits per heavy atom. The number of nitro groups is 1. The van der Waals surface area contributed by atoms with Gasteiger partial charge >= 0.3 is 0 Å². The second-order valence-electron chi connectivity index (χ2n) is 9.34. The molecule has 4 aromatic rings. The van der Waals surface area contributed by atoms with E-state index in [1.54, 1.807) is 12.1 Å². The highest BCUT2D eigenvalue weighted by Crippen LogP contribution is 2.35. The highest BCUT2D eigenvalue weighted by atomic mass is 32.2. The summed E-state index contributed by atoms with van der Waals surface area (Å²) in [5.41, 5.74) is 1.96. The molecule has 0 saturated carbocycles. The molecule has 206 valence electrons. The van der Waals surface area contributed by atoms with E-state index < -0.39 is 14.9 Å². The number of nitro benzene ring substituents is 1. The molecule has 3 N–H and O–H groups in total. The Balaban J connectivity index is 1.37. The van der Waals surface area contributed by atoms with Gasteiger partial charge in [-0.1, -0.05) is 6.07 Å². The van der Waals surface area contributed by atoms with Crippen LogP contribution in [0, 0.1) is 10.1 Å². The highest BCUT2D eigenvalue weighted by Gasteiger charge is 2.20. The Kier molecular flexibility index (Phi) is 8.10. The van der Waals surface area contributed by atoms with Crippen LogP contribution in [0.4, 0.5) is 5.69 Å². The van der Waals surface area contributed by atoms with Gasteiger partial charge in [0.2, 0.25) is 10.0 Å². The molecule has 11 nitrogen and oxygen atoms in total. The molecule has 0 bridgehead atoms. The number of aliphatic hydroxyl groups is 1. The number of fused-ring (bicyclic) bond motifs is 2. The van der Waals surface area contributed by atoms with Gasteiger partial charge in [-0.15, -0.1) is 0 Å². The summed E-state index contributed by atoms with van der Waals surface area (Å²) in [4.78, 5) is 17.0. The smallest absolute Gasteiger partial charge is 0.277 e. The van der Waals surface area contributed by atoms with Gasteiger partial charge in [-0.25, -0.2) is 13.1 Å². The van der Waals surface area contributed by atoms with E-state index in [4.69, 9.17) is 14.6 Å². The average molecular weight is 555 g/mol. The monoisotopic (exact) mass is 554 g/mol. The fraction of sp³-hybridized carbons (Fsp3) is 0.333. The Hall–Kier alpha value is -3.55. The van der Waals surface area contributed by atoms with E-state index in [-0.39, 0.29) is 29.1 Å². The minimum absolute atomic E-state index is 0.109. The Morgan fingerprint density at radius 2 is 1.90 bits per heavy atom. The molecule has 0 radical (unpaired) electrons. The fourth-order valence-electron chi connectivity index (χ4n) is 4.71. The number of H-pyrrole nitrogens is 1. The van der Waals surface area contributed by atoms with Crippen LogP contribution in [0.1, 0.15) is 6.42 Å². The number of hydrogen-bond donors (Lipinski definition) is 3. The first-order valence-electron chi connectivity index (χ1n) is 12.7. The van der Waals surface area contributed by atoms with Crippen molar-refractivity contribution in [1.29, 1.82) is 0 Å². The molecular weight excluding hydrogens is 524 g/mol. The maximum Gasteiger partial charge on any atom is 0.277 e. The number of morpholine rings is 1. The first-order chi connectivity index (χ1) is 18.8. The van der Waals surface area contributed by atoms with E-state index >= 15 is 0 Å². The largest absolute Gasteiger partial charge is 0.494 e. The number of rotatable bonds is 11. The number of non-ortho nitro benzene ring substituents is 1. The fourth-order valence-corrected chi connectivity index (χ4v) is 5.76. The van der Waals surface area contributed by atoms with Crippen LogP contribution >= 0.6 is 0 Å². The minimum atomic E-state index is -3.91. The van der Waals surface area contributed by atoms with Crippen LogP contribution in [-0.4, -0.2) is 80.9 Å². The van der Waals surface area contributed by atoms with Gasteiger partial charge < -0.3 is 19.6 Å². The predicted octanol–water partition coefficient (Wildman–Crippen LogP) is 3.27. The molecule has 1 aromatic heterocycles. The highest BCUT2D eigenvalue weighted by molar-refractivity contribution is 7.89. The summed E-state index contributed by atoms with van der Waals surface area (Å²) in [7, 11) is -3.91. The maximum absolute atomic E-state index is 12.5. The molecule has 39 heavy (non-hydrogen) atoms. The summed E-state index contributed by atoms with van der Waals surface area (Å²) in [6, 6.07) is 15.1. The first-order valence-corrected chi connectivity index (χ1v) is 14.2. The van der Waals surface area contributed by atoms with Crippen molar-refractivity contribution in [3.05, 3.63) is 64.7 Å². The predicted molar refractivity (Wildman–Crippen MR) is 148 cm³/mol. The van der Waals surface area contributed by atoms with Crippen molar-refractivity contribution in [3.8, 4) is 17.0 Å². The molecule has 1 fully saturated rings. The lowest BCUT2D eigenvalue weighted by Gasteiger charge is -2.26. The topological polar surface area (TPSA) is 147 Å². The molecule has 0 unspecified atom stereocenters. The van der Waals surface area contributed by atoms with Gasteiger partial charge in [0.05, 0.1) is 41.6 Å². The molecule has 1 aliphatic heterocycles. The SMILES string of the molecule is O=[N+]([O-])c1cc(-c2cc3cc(OCCCN4CCOCC4)ccc3[nH]2)cc2ccc(S(=O)(=O)NCCO)cc12. The molecule has 5 rings (SSSR count). The van der Waals surface area contributed by atoms with Gasteiger partial charge in [-0.05, 0) is 54.3 Å². The number of benzene rings is 3.